The van der Waals surface area contributed by atoms with E-state index in [-0.39, 0.29) is 5.91 Å². The minimum atomic E-state index is -0.261. The molecule has 7 heteroatoms. The van der Waals surface area contributed by atoms with Crippen LogP contribution in [-0.4, -0.2) is 15.9 Å². The largest absolute Gasteiger partial charge is 0.451 e. The lowest BCUT2D eigenvalue weighted by Crippen LogP contribution is -2.13. The number of thioether (sulfide) groups is 1. The number of carbonyl (C=O) groups is 1. The molecular weight excluding hydrogens is 378 g/mol. The molecule has 0 saturated heterocycles. The van der Waals surface area contributed by atoms with E-state index in [4.69, 9.17) is 4.42 Å². The highest BCUT2D eigenvalue weighted by Gasteiger charge is 2.21. The van der Waals surface area contributed by atoms with Gasteiger partial charge in [0.25, 0.3) is 5.91 Å². The van der Waals surface area contributed by atoms with Crippen LogP contribution in [0.3, 0.4) is 0 Å². The number of fused-ring (bicyclic) bond motifs is 1. The molecule has 0 fully saturated rings. The highest BCUT2D eigenvalue weighted by atomic mass is 32.2. The van der Waals surface area contributed by atoms with Gasteiger partial charge in [0.15, 0.2) is 5.76 Å². The fourth-order valence-electron chi connectivity index (χ4n) is 2.77. The maximum atomic E-state index is 12.9. The van der Waals surface area contributed by atoms with Gasteiger partial charge in [0, 0.05) is 45.4 Å². The standard InChI is InChI=1S/C20H17N3O2S2/c1-12-9-14(7-8-21-12)23-19(24)18-16(11-27-20-22-13(2)10-26-20)15-5-3-4-6-17(15)25-18/h3-10H,11H2,1-2H3,(H,21,23,24). The van der Waals surface area contributed by atoms with E-state index < -0.39 is 0 Å². The molecule has 1 N–H and O–H groups in total. The Balaban J connectivity index is 1.65. The van der Waals surface area contributed by atoms with E-state index >= 15 is 0 Å². The van der Waals surface area contributed by atoms with Crippen LogP contribution < -0.4 is 5.32 Å². The molecule has 3 heterocycles. The van der Waals surface area contributed by atoms with Crippen LogP contribution in [-0.2, 0) is 5.75 Å². The third-order valence-electron chi connectivity index (χ3n) is 4.00. The number of amides is 1. The molecule has 0 saturated carbocycles. The quantitative estimate of drug-likeness (QED) is 0.455. The van der Waals surface area contributed by atoms with E-state index in [1.165, 1.54) is 0 Å². The zero-order chi connectivity index (χ0) is 18.8. The van der Waals surface area contributed by atoms with Crippen molar-refractivity contribution in [2.45, 2.75) is 23.9 Å². The van der Waals surface area contributed by atoms with Crippen LogP contribution in [0.15, 0.2) is 56.7 Å². The van der Waals surface area contributed by atoms with Crippen LogP contribution in [0.5, 0.6) is 0 Å². The van der Waals surface area contributed by atoms with Gasteiger partial charge in [-0.25, -0.2) is 4.98 Å². The van der Waals surface area contributed by atoms with E-state index in [0.29, 0.717) is 22.8 Å². The average molecular weight is 396 g/mol. The second-order valence-electron chi connectivity index (χ2n) is 6.09. The van der Waals surface area contributed by atoms with Crippen molar-refractivity contribution in [1.29, 1.82) is 0 Å². The Morgan fingerprint density at radius 3 is 2.85 bits per heavy atom. The van der Waals surface area contributed by atoms with Gasteiger partial charge in [-0.05, 0) is 32.0 Å². The number of para-hydroxylation sites is 1. The molecule has 0 aliphatic heterocycles. The van der Waals surface area contributed by atoms with Gasteiger partial charge >= 0.3 is 0 Å². The Kier molecular flexibility index (Phi) is 4.96. The molecule has 136 valence electrons. The van der Waals surface area contributed by atoms with Gasteiger partial charge in [-0.1, -0.05) is 30.0 Å². The lowest BCUT2D eigenvalue weighted by atomic mass is 10.1. The summed E-state index contributed by atoms with van der Waals surface area (Å²) in [4.78, 5) is 21.5. The molecule has 0 bridgehead atoms. The van der Waals surface area contributed by atoms with Crippen molar-refractivity contribution in [2.24, 2.45) is 0 Å². The van der Waals surface area contributed by atoms with Gasteiger partial charge in [-0.3, -0.25) is 9.78 Å². The summed E-state index contributed by atoms with van der Waals surface area (Å²) in [5.41, 5.74) is 4.13. The SMILES string of the molecule is Cc1cc(NC(=O)c2oc3ccccc3c2CSc2nc(C)cs2)ccn1. The number of aryl methyl sites for hydroxylation is 2. The number of carbonyl (C=O) groups excluding carboxylic acids is 1. The first-order valence-electron chi connectivity index (χ1n) is 8.39. The van der Waals surface area contributed by atoms with Gasteiger partial charge in [0.05, 0.1) is 0 Å². The number of hydrogen-bond acceptors (Lipinski definition) is 6. The maximum Gasteiger partial charge on any atom is 0.291 e. The molecule has 0 unspecified atom stereocenters. The van der Waals surface area contributed by atoms with Crippen molar-refractivity contribution >= 4 is 45.7 Å². The summed E-state index contributed by atoms with van der Waals surface area (Å²) in [6, 6.07) is 11.3. The molecule has 4 aromatic rings. The summed E-state index contributed by atoms with van der Waals surface area (Å²) < 4.78 is 6.88. The Hall–Kier alpha value is -2.64. The van der Waals surface area contributed by atoms with Crippen molar-refractivity contribution < 1.29 is 9.21 Å². The lowest BCUT2D eigenvalue weighted by Gasteiger charge is -2.05. The van der Waals surface area contributed by atoms with Crippen LogP contribution in [0.4, 0.5) is 5.69 Å². The summed E-state index contributed by atoms with van der Waals surface area (Å²) in [6.45, 7) is 3.86. The molecule has 27 heavy (non-hydrogen) atoms. The van der Waals surface area contributed by atoms with E-state index in [2.05, 4.69) is 15.3 Å². The summed E-state index contributed by atoms with van der Waals surface area (Å²) >= 11 is 3.22. The van der Waals surface area contributed by atoms with E-state index in [0.717, 1.165) is 26.7 Å². The summed E-state index contributed by atoms with van der Waals surface area (Å²) in [6.07, 6.45) is 1.67. The topological polar surface area (TPSA) is 68.0 Å². The Morgan fingerprint density at radius 1 is 1.22 bits per heavy atom. The lowest BCUT2D eigenvalue weighted by molar-refractivity contribution is 0.0998. The first-order chi connectivity index (χ1) is 13.1. The third kappa shape index (κ3) is 3.89. The van der Waals surface area contributed by atoms with Crippen LogP contribution >= 0.6 is 23.1 Å². The second-order valence-corrected chi connectivity index (χ2v) is 8.17. The first-order valence-corrected chi connectivity index (χ1v) is 10.3. The van der Waals surface area contributed by atoms with Crippen LogP contribution in [0, 0.1) is 13.8 Å². The van der Waals surface area contributed by atoms with Gasteiger partial charge in [0.2, 0.25) is 0 Å². The number of anilines is 1. The zero-order valence-corrected chi connectivity index (χ0v) is 16.5. The van der Waals surface area contributed by atoms with Gasteiger partial charge in [-0.15, -0.1) is 11.3 Å². The molecule has 3 aromatic heterocycles. The molecule has 0 atom stereocenters. The molecule has 0 aliphatic carbocycles. The van der Waals surface area contributed by atoms with Crippen molar-refractivity contribution in [3.05, 3.63) is 70.7 Å². The first kappa shape index (κ1) is 17.8. The minimum Gasteiger partial charge on any atom is -0.451 e. The molecule has 1 aromatic carbocycles. The van der Waals surface area contributed by atoms with Crippen molar-refractivity contribution in [1.82, 2.24) is 9.97 Å². The van der Waals surface area contributed by atoms with Crippen molar-refractivity contribution in [2.75, 3.05) is 5.32 Å². The number of furan rings is 1. The predicted molar refractivity (Wildman–Crippen MR) is 110 cm³/mol. The third-order valence-corrected chi connectivity index (χ3v) is 6.16. The summed E-state index contributed by atoms with van der Waals surface area (Å²) in [7, 11) is 0. The van der Waals surface area contributed by atoms with Crippen molar-refractivity contribution in [3.63, 3.8) is 0 Å². The number of rotatable bonds is 5. The summed E-state index contributed by atoms with van der Waals surface area (Å²) in [5, 5.41) is 5.88. The van der Waals surface area contributed by atoms with Gasteiger partial charge in [0.1, 0.15) is 9.92 Å². The van der Waals surface area contributed by atoms with Gasteiger partial charge < -0.3 is 9.73 Å². The Labute approximate surface area is 164 Å². The number of aromatic nitrogens is 2. The monoisotopic (exact) mass is 395 g/mol. The van der Waals surface area contributed by atoms with Crippen LogP contribution in [0.25, 0.3) is 11.0 Å². The minimum absolute atomic E-state index is 0.261. The second kappa shape index (κ2) is 7.54. The smallest absolute Gasteiger partial charge is 0.291 e. The van der Waals surface area contributed by atoms with Gasteiger partial charge in [-0.2, -0.15) is 0 Å². The van der Waals surface area contributed by atoms with Crippen molar-refractivity contribution in [3.8, 4) is 0 Å². The Morgan fingerprint density at radius 2 is 2.07 bits per heavy atom. The highest BCUT2D eigenvalue weighted by molar-refractivity contribution is 8.00. The zero-order valence-electron chi connectivity index (χ0n) is 14.9. The predicted octanol–water partition coefficient (Wildman–Crippen LogP) is 5.45. The van der Waals surface area contributed by atoms with Crippen LogP contribution in [0.1, 0.15) is 27.5 Å². The number of hydrogen-bond donors (Lipinski definition) is 1. The molecule has 0 spiro atoms. The number of pyridine rings is 1. The Bertz CT molecular complexity index is 1120. The summed E-state index contributed by atoms with van der Waals surface area (Å²) in [5.74, 6) is 0.691. The number of nitrogens with one attached hydrogen (secondary N) is 1. The normalized spacial score (nSPS) is 11.0. The van der Waals surface area contributed by atoms with E-state index in [1.54, 1.807) is 35.4 Å². The fraction of sp³-hybridized carbons (Fsp3) is 0.150. The number of benzene rings is 1. The molecule has 1 amide bonds. The molecule has 0 aliphatic rings. The molecule has 4 rings (SSSR count). The van der Waals surface area contributed by atoms with E-state index in [9.17, 15) is 4.79 Å². The van der Waals surface area contributed by atoms with Crippen LogP contribution in [0.2, 0.25) is 0 Å². The molecular formula is C20H17N3O2S2. The number of thiazole rings is 1. The number of nitrogens with zero attached hydrogens (tertiary/aromatic N) is 2. The highest BCUT2D eigenvalue weighted by Crippen LogP contribution is 2.33. The maximum absolute atomic E-state index is 12.9. The van der Waals surface area contributed by atoms with E-state index in [1.807, 2.05) is 49.6 Å². The molecule has 5 nitrogen and oxygen atoms in total. The fourth-order valence-corrected chi connectivity index (χ4v) is 4.65. The molecule has 0 radical (unpaired) electrons. The average Bonchev–Trinajstić information content (AvgIpc) is 3.23.